The quantitative estimate of drug-likeness (QED) is 0.0199. The Morgan fingerprint density at radius 3 is 1.13 bits per heavy atom. The monoisotopic (exact) mass is 1500 g/mol. The van der Waals surface area contributed by atoms with Crippen LogP contribution >= 0.6 is 0 Å². The zero-order chi connectivity index (χ0) is 75.7. The first-order valence-corrected chi connectivity index (χ1v) is 36.3. The second-order valence-electron chi connectivity index (χ2n) is 24.6. The molecule has 2 saturated heterocycles. The zero-order valence-electron chi connectivity index (χ0n) is 60.1. The highest BCUT2D eigenvalue weighted by Crippen LogP contribution is 2.24. The first kappa shape index (κ1) is 95.3. The Kier molecular flexibility index (Phi) is 57.6. The predicted molar refractivity (Wildman–Crippen MR) is 363 cm³/mol. The van der Waals surface area contributed by atoms with Crippen LogP contribution in [0.1, 0.15) is 116 Å². The molecule has 19 N–H and O–H groups in total. The van der Waals surface area contributed by atoms with Crippen molar-refractivity contribution in [1.29, 1.82) is 0 Å². The number of nitrogens with two attached hydrogens (primary N) is 1. The lowest BCUT2D eigenvalue weighted by molar-refractivity contribution is -0.301. The van der Waals surface area contributed by atoms with E-state index in [1.54, 1.807) is 0 Å². The molecular weight excluding hydrogens is 1370 g/mol. The average Bonchev–Trinajstić information content (AvgIpc) is 0.827. The van der Waals surface area contributed by atoms with Crippen molar-refractivity contribution in [3.63, 3.8) is 0 Å². The Bertz CT molecular complexity index is 2110. The van der Waals surface area contributed by atoms with Crippen LogP contribution < -0.4 is 32.3 Å². The molecule has 37 nitrogen and oxygen atoms in total. The Labute approximate surface area is 603 Å². The van der Waals surface area contributed by atoms with Gasteiger partial charge >= 0.3 is 0 Å². The molecule has 0 saturated carbocycles. The maximum Gasteiger partial charge on any atom is 0.242 e. The highest BCUT2D eigenvalue weighted by atomic mass is 16.7. The Morgan fingerprint density at radius 2 is 0.738 bits per heavy atom. The van der Waals surface area contributed by atoms with Crippen LogP contribution in [0.2, 0.25) is 0 Å². The lowest BCUT2D eigenvalue weighted by Gasteiger charge is -2.39. The normalized spacial score (nSPS) is 22.4. The van der Waals surface area contributed by atoms with E-state index in [1.165, 1.54) is 6.92 Å². The molecule has 103 heavy (non-hydrogen) atoms. The van der Waals surface area contributed by atoms with Crippen LogP contribution in [0, 0.1) is 0 Å². The van der Waals surface area contributed by atoms with Crippen LogP contribution in [0.5, 0.6) is 0 Å². The number of hydrogen-bond donors (Lipinski definition) is 18. The lowest BCUT2D eigenvalue weighted by Crippen LogP contribution is -2.59. The van der Waals surface area contributed by atoms with Gasteiger partial charge in [0, 0.05) is 65.3 Å². The number of aliphatic hydroxyl groups excluding tert-OH is 12. The van der Waals surface area contributed by atoms with E-state index in [1.807, 2.05) is 0 Å². The maximum absolute atomic E-state index is 13.8. The van der Waals surface area contributed by atoms with Gasteiger partial charge in [0.2, 0.25) is 29.5 Å². The number of amides is 5. The summed E-state index contributed by atoms with van der Waals surface area (Å²) in [5, 5.41) is 133. The summed E-state index contributed by atoms with van der Waals surface area (Å²) in [5.41, 5.74) is 5.37. The van der Waals surface area contributed by atoms with Gasteiger partial charge in [0.05, 0.1) is 138 Å². The summed E-state index contributed by atoms with van der Waals surface area (Å²) in [7, 11) is 0. The van der Waals surface area contributed by atoms with E-state index in [-0.39, 0.29) is 111 Å². The molecule has 37 heteroatoms. The third-order valence-electron chi connectivity index (χ3n) is 16.1. The Balaban J connectivity index is 1.94. The fourth-order valence-corrected chi connectivity index (χ4v) is 10.1. The molecule has 2 aliphatic heterocycles. The van der Waals surface area contributed by atoms with Gasteiger partial charge in [-0.15, -0.1) is 0 Å². The Hall–Kier alpha value is -3.73. The van der Waals surface area contributed by atoms with Crippen molar-refractivity contribution in [3.8, 4) is 0 Å². The molecule has 0 bridgehead atoms. The van der Waals surface area contributed by atoms with Crippen LogP contribution in [-0.4, -0.2) is 367 Å². The predicted octanol–water partition coefficient (Wildman–Crippen LogP) is -5.89. The minimum atomic E-state index is -1.59. The minimum absolute atomic E-state index is 0.0220. The van der Waals surface area contributed by atoms with Gasteiger partial charge < -0.3 is 160 Å². The van der Waals surface area contributed by atoms with Crippen LogP contribution in [0.15, 0.2) is 0 Å². The van der Waals surface area contributed by atoms with Crippen LogP contribution in [0.25, 0.3) is 0 Å². The summed E-state index contributed by atoms with van der Waals surface area (Å²) in [5.74, 6) is -2.75. The maximum atomic E-state index is 13.8. The van der Waals surface area contributed by atoms with Crippen LogP contribution in [0.3, 0.4) is 0 Å². The summed E-state index contributed by atoms with van der Waals surface area (Å²) < 4.78 is 76.5. The molecule has 0 aromatic heterocycles. The number of aliphatic hydroxyl groups is 12. The number of carbonyl (C=O) groups is 5. The van der Waals surface area contributed by atoms with Gasteiger partial charge in [-0.2, -0.15) is 0 Å². The van der Waals surface area contributed by atoms with Gasteiger partial charge in [-0.3, -0.25) is 24.0 Å². The zero-order valence-corrected chi connectivity index (χ0v) is 60.1. The molecular formula is C66H126N6O31. The smallest absolute Gasteiger partial charge is 0.242 e. The van der Waals surface area contributed by atoms with Crippen molar-refractivity contribution < 1.29 is 152 Å². The average molecular weight is 1500 g/mol. The first-order chi connectivity index (χ1) is 49.8. The lowest BCUT2D eigenvalue weighted by atomic mass is 9.99. The van der Waals surface area contributed by atoms with E-state index < -0.39 is 141 Å². The molecule has 10 unspecified atom stereocenters. The van der Waals surface area contributed by atoms with Crippen LogP contribution in [0.4, 0.5) is 0 Å². The SMILES string of the molecule is C[C@@H](O)C(O)C(O)[C@H](OCCO)OCCCCCCNC(=O)C(CCC(=O)NCCCCCCO[C@H]1O[C@H](CO)C(O)C(O)C1O)NC(=O)CCC(NC(=O)CCOCCOCCOCCOCCOCCOCCOCCOCCN)C(=O)NCCCCCCO[C@H]1O[C@H](CO)C(O)C(O)C1O. The van der Waals surface area contributed by atoms with Gasteiger partial charge in [-0.1, -0.05) is 38.5 Å². The molecule has 606 valence electrons. The van der Waals surface area contributed by atoms with E-state index in [9.17, 15) is 85.3 Å². The molecule has 0 aromatic rings. The largest absolute Gasteiger partial charge is 0.394 e. The minimum Gasteiger partial charge on any atom is -0.394 e. The van der Waals surface area contributed by atoms with Crippen molar-refractivity contribution in [3.05, 3.63) is 0 Å². The van der Waals surface area contributed by atoms with Crippen molar-refractivity contribution in [2.24, 2.45) is 5.73 Å². The molecule has 0 spiro atoms. The number of nitrogens with one attached hydrogen (secondary N) is 5. The van der Waals surface area contributed by atoms with Crippen molar-refractivity contribution in [2.45, 2.75) is 214 Å². The van der Waals surface area contributed by atoms with Gasteiger partial charge in [-0.25, -0.2) is 0 Å². The third-order valence-corrected chi connectivity index (χ3v) is 16.1. The van der Waals surface area contributed by atoms with E-state index in [0.29, 0.717) is 163 Å². The third kappa shape index (κ3) is 45.0. The van der Waals surface area contributed by atoms with E-state index >= 15 is 0 Å². The standard InChI is InChI=1S/C66H126N6O31/c1-46(76)54(80)59(85)64(101-29-23-73)98-24-11-6-3-9-21-69-62(88)47(14-16-51(77)68-20-8-2-5-12-25-99-65-60(86)57(83)55(81)49(44-74)102-65)71-52(78)17-15-48(63(89)70-22-10-4-7-13-26-100-66-61(87)58(84)56(82)50(45-75)103-66)72-53(79)18-27-90-30-32-92-34-36-94-38-40-96-42-43-97-41-39-95-37-35-93-33-31-91-28-19-67/h46-50,54-61,64-66,73-76,80-87H,2-45,67H2,1H3,(H,68,77)(H,69,88)(H,70,89)(H,71,78)(H,72,79)/t46-,47?,48?,49-,50-,54?,55?,56?,57?,58?,59?,60?,61?,64+,65+,66+/m1/s1. The van der Waals surface area contributed by atoms with Gasteiger partial charge in [0.15, 0.2) is 18.9 Å². The van der Waals surface area contributed by atoms with Gasteiger partial charge in [0.1, 0.15) is 73.1 Å². The highest BCUT2D eigenvalue weighted by Gasteiger charge is 2.45. The van der Waals surface area contributed by atoms with Crippen molar-refractivity contribution in [2.75, 3.05) is 178 Å². The molecule has 16 atom stereocenters. The highest BCUT2D eigenvalue weighted by molar-refractivity contribution is 5.90. The molecule has 0 aromatic carbocycles. The molecule has 5 amide bonds. The number of ether oxygens (including phenoxy) is 14. The molecule has 2 fully saturated rings. The topological polar surface area (TPSA) is 544 Å². The molecule has 2 rings (SSSR count). The number of unbranched alkanes of at least 4 members (excludes halogenated alkanes) is 9. The van der Waals surface area contributed by atoms with E-state index in [2.05, 4.69) is 26.6 Å². The van der Waals surface area contributed by atoms with Crippen molar-refractivity contribution in [1.82, 2.24) is 26.6 Å². The Morgan fingerprint density at radius 1 is 0.388 bits per heavy atom. The molecule has 0 aliphatic carbocycles. The summed E-state index contributed by atoms with van der Waals surface area (Å²) in [4.78, 5) is 67.7. The number of hydrogen-bond acceptors (Lipinski definition) is 32. The van der Waals surface area contributed by atoms with Crippen molar-refractivity contribution >= 4 is 29.5 Å². The number of carbonyl (C=O) groups excluding carboxylic acids is 5. The van der Waals surface area contributed by atoms with Gasteiger partial charge in [-0.05, 0) is 58.3 Å². The fourth-order valence-electron chi connectivity index (χ4n) is 10.1. The summed E-state index contributed by atoms with van der Waals surface area (Å²) in [6, 6.07) is -2.40. The summed E-state index contributed by atoms with van der Waals surface area (Å²) in [6.45, 7) is 6.75. The second kappa shape index (κ2) is 62.2. The van der Waals surface area contributed by atoms with E-state index in [4.69, 9.17) is 72.0 Å². The summed E-state index contributed by atoms with van der Waals surface area (Å²) >= 11 is 0. The van der Waals surface area contributed by atoms with E-state index in [0.717, 1.165) is 0 Å². The molecule has 0 radical (unpaired) electrons. The summed E-state index contributed by atoms with van der Waals surface area (Å²) in [6.07, 6.45) is -13.8. The molecule has 2 heterocycles. The van der Waals surface area contributed by atoms with Gasteiger partial charge in [0.25, 0.3) is 0 Å². The second-order valence-corrected chi connectivity index (χ2v) is 24.6. The fraction of sp³-hybridized carbons (Fsp3) is 0.924. The number of rotatable bonds is 68. The first-order valence-electron chi connectivity index (χ1n) is 36.3. The van der Waals surface area contributed by atoms with Crippen LogP contribution in [-0.2, 0) is 90.3 Å². The molecule has 2 aliphatic rings.